The number of hydrogen-bond acceptors (Lipinski definition) is 4. The average Bonchev–Trinajstić information content (AvgIpc) is 2.80. The fraction of sp³-hybridized carbons (Fsp3) is 0.200. The van der Waals surface area contributed by atoms with Crippen molar-refractivity contribution in [2.24, 2.45) is 0 Å². The number of ether oxygens (including phenoxy) is 2. The van der Waals surface area contributed by atoms with Gasteiger partial charge < -0.3 is 14.4 Å². The smallest absolute Gasteiger partial charge is 0.247 e. The molecule has 30 heavy (non-hydrogen) atoms. The molecule has 3 aromatic rings. The topological polar surface area (TPSA) is 51.7 Å². The van der Waals surface area contributed by atoms with Crippen LogP contribution in [0, 0.1) is 0 Å². The van der Waals surface area contributed by atoms with E-state index in [0.717, 1.165) is 16.8 Å². The SMILES string of the molecule is CCOc1ccc(/C=C/C(=O)N(C)C(c2ccccc2)c2ccccn2)cc1OC. The highest BCUT2D eigenvalue weighted by Gasteiger charge is 2.23. The van der Waals surface area contributed by atoms with Crippen molar-refractivity contribution in [2.45, 2.75) is 13.0 Å². The summed E-state index contributed by atoms with van der Waals surface area (Å²) in [4.78, 5) is 19.2. The molecule has 0 aliphatic heterocycles. The lowest BCUT2D eigenvalue weighted by Gasteiger charge is -2.27. The van der Waals surface area contributed by atoms with Gasteiger partial charge in [-0.15, -0.1) is 0 Å². The summed E-state index contributed by atoms with van der Waals surface area (Å²) in [5.74, 6) is 1.19. The number of aromatic nitrogens is 1. The number of hydrogen-bond donors (Lipinski definition) is 0. The molecule has 0 saturated carbocycles. The Morgan fingerprint density at radius 1 is 1.07 bits per heavy atom. The average molecular weight is 402 g/mol. The van der Waals surface area contributed by atoms with Crippen molar-refractivity contribution in [3.63, 3.8) is 0 Å². The zero-order valence-corrected chi connectivity index (χ0v) is 17.5. The number of methoxy groups -OCH3 is 1. The molecule has 154 valence electrons. The molecule has 0 N–H and O–H groups in total. The summed E-state index contributed by atoms with van der Waals surface area (Å²) >= 11 is 0. The minimum Gasteiger partial charge on any atom is -0.493 e. The fourth-order valence-corrected chi connectivity index (χ4v) is 3.24. The molecule has 5 nitrogen and oxygen atoms in total. The molecule has 5 heteroatoms. The van der Waals surface area contributed by atoms with Gasteiger partial charge in [0.2, 0.25) is 5.91 Å². The van der Waals surface area contributed by atoms with Crippen LogP contribution < -0.4 is 9.47 Å². The highest BCUT2D eigenvalue weighted by Crippen LogP contribution is 2.29. The summed E-state index contributed by atoms with van der Waals surface area (Å²) in [6.07, 6.45) is 5.08. The zero-order valence-electron chi connectivity index (χ0n) is 17.5. The maximum atomic E-state index is 13.0. The van der Waals surface area contributed by atoms with Gasteiger partial charge in [-0.1, -0.05) is 42.5 Å². The van der Waals surface area contributed by atoms with Crippen molar-refractivity contribution >= 4 is 12.0 Å². The van der Waals surface area contributed by atoms with Crippen molar-refractivity contribution in [3.8, 4) is 11.5 Å². The lowest BCUT2D eigenvalue weighted by molar-refractivity contribution is -0.126. The van der Waals surface area contributed by atoms with Gasteiger partial charge in [0.25, 0.3) is 0 Å². The molecule has 1 amide bonds. The summed E-state index contributed by atoms with van der Waals surface area (Å²) < 4.78 is 10.9. The van der Waals surface area contributed by atoms with Crippen molar-refractivity contribution in [2.75, 3.05) is 20.8 Å². The van der Waals surface area contributed by atoms with Crippen LogP contribution in [-0.4, -0.2) is 36.6 Å². The second-order valence-corrected chi connectivity index (χ2v) is 6.69. The minimum atomic E-state index is -0.278. The third kappa shape index (κ3) is 5.06. The molecule has 0 spiro atoms. The first-order chi connectivity index (χ1) is 14.6. The molecule has 0 aliphatic rings. The van der Waals surface area contributed by atoms with Gasteiger partial charge >= 0.3 is 0 Å². The highest BCUT2D eigenvalue weighted by atomic mass is 16.5. The summed E-state index contributed by atoms with van der Waals surface area (Å²) in [6, 6.07) is 20.9. The molecular formula is C25H26N2O3. The van der Waals surface area contributed by atoms with E-state index in [1.165, 1.54) is 0 Å². The van der Waals surface area contributed by atoms with E-state index in [1.54, 1.807) is 37.4 Å². The predicted molar refractivity (Wildman–Crippen MR) is 118 cm³/mol. The van der Waals surface area contributed by atoms with Crippen LogP contribution in [0.25, 0.3) is 6.08 Å². The van der Waals surface area contributed by atoms with Gasteiger partial charge in [-0.25, -0.2) is 0 Å². The second-order valence-electron chi connectivity index (χ2n) is 6.69. The van der Waals surface area contributed by atoms with Crippen LogP contribution in [0.5, 0.6) is 11.5 Å². The molecule has 0 bridgehead atoms. The van der Waals surface area contributed by atoms with Crippen LogP contribution in [0.15, 0.2) is 79.0 Å². The van der Waals surface area contributed by atoms with Gasteiger partial charge in [0, 0.05) is 19.3 Å². The zero-order chi connectivity index (χ0) is 21.3. The Morgan fingerprint density at radius 2 is 1.83 bits per heavy atom. The van der Waals surface area contributed by atoms with Crippen LogP contribution in [0.3, 0.4) is 0 Å². The molecule has 0 fully saturated rings. The summed E-state index contributed by atoms with van der Waals surface area (Å²) in [5.41, 5.74) is 2.67. The van der Waals surface area contributed by atoms with Gasteiger partial charge in [-0.05, 0) is 48.4 Å². The standard InChI is InChI=1S/C25H26N2O3/c1-4-30-22-15-13-19(18-23(22)29-3)14-16-24(28)27(2)25(20-10-6-5-7-11-20)21-12-8-9-17-26-21/h5-18,25H,4H2,1-3H3/b16-14+. The molecule has 1 unspecified atom stereocenters. The second kappa shape index (κ2) is 10.3. The van der Waals surface area contributed by atoms with E-state index >= 15 is 0 Å². The Hall–Kier alpha value is -3.60. The lowest BCUT2D eigenvalue weighted by Crippen LogP contribution is -2.31. The van der Waals surface area contributed by atoms with E-state index in [4.69, 9.17) is 9.47 Å². The quantitative estimate of drug-likeness (QED) is 0.510. The van der Waals surface area contributed by atoms with E-state index in [9.17, 15) is 4.79 Å². The molecule has 0 radical (unpaired) electrons. The van der Waals surface area contributed by atoms with Crippen LogP contribution in [0.2, 0.25) is 0 Å². The summed E-state index contributed by atoms with van der Waals surface area (Å²) in [6.45, 7) is 2.48. The van der Waals surface area contributed by atoms with E-state index in [0.29, 0.717) is 18.1 Å². The molecule has 1 aromatic heterocycles. The number of likely N-dealkylation sites (N-methyl/N-ethyl adjacent to an activating group) is 1. The predicted octanol–water partition coefficient (Wildman–Crippen LogP) is 4.75. The van der Waals surface area contributed by atoms with Gasteiger partial charge in [-0.3, -0.25) is 9.78 Å². The van der Waals surface area contributed by atoms with E-state index in [-0.39, 0.29) is 11.9 Å². The first-order valence-corrected chi connectivity index (χ1v) is 9.85. The molecule has 3 rings (SSSR count). The number of carbonyl (C=O) groups is 1. The third-order valence-corrected chi connectivity index (χ3v) is 4.72. The maximum Gasteiger partial charge on any atom is 0.247 e. The fourth-order valence-electron chi connectivity index (χ4n) is 3.24. The maximum absolute atomic E-state index is 13.0. The van der Waals surface area contributed by atoms with Gasteiger partial charge in [-0.2, -0.15) is 0 Å². The third-order valence-electron chi connectivity index (χ3n) is 4.72. The Morgan fingerprint density at radius 3 is 2.50 bits per heavy atom. The van der Waals surface area contributed by atoms with E-state index < -0.39 is 0 Å². The molecule has 0 aliphatic carbocycles. The monoisotopic (exact) mass is 402 g/mol. The molecule has 1 heterocycles. The van der Waals surface area contributed by atoms with Crippen LogP contribution in [-0.2, 0) is 4.79 Å². The molecule has 2 aromatic carbocycles. The van der Waals surface area contributed by atoms with E-state index in [1.807, 2.05) is 73.7 Å². The van der Waals surface area contributed by atoms with E-state index in [2.05, 4.69) is 4.98 Å². The molecular weight excluding hydrogens is 376 g/mol. The first kappa shape index (κ1) is 21.1. The Balaban J connectivity index is 1.84. The van der Waals surface area contributed by atoms with Gasteiger partial charge in [0.1, 0.15) is 0 Å². The number of carbonyl (C=O) groups excluding carboxylic acids is 1. The highest BCUT2D eigenvalue weighted by molar-refractivity contribution is 5.92. The number of benzene rings is 2. The summed E-state index contributed by atoms with van der Waals surface area (Å²) in [7, 11) is 3.39. The number of pyridine rings is 1. The lowest BCUT2D eigenvalue weighted by atomic mass is 10.0. The number of amides is 1. The Kier molecular flexibility index (Phi) is 7.22. The van der Waals surface area contributed by atoms with Gasteiger partial charge in [0.05, 0.1) is 25.5 Å². The Bertz CT molecular complexity index is 948. The molecule has 0 saturated heterocycles. The number of nitrogens with zero attached hydrogens (tertiary/aromatic N) is 2. The summed E-state index contributed by atoms with van der Waals surface area (Å²) in [5, 5.41) is 0. The van der Waals surface area contributed by atoms with Crippen molar-refractivity contribution in [1.82, 2.24) is 9.88 Å². The minimum absolute atomic E-state index is 0.123. The molecule has 1 atom stereocenters. The normalized spacial score (nSPS) is 11.8. The largest absolute Gasteiger partial charge is 0.493 e. The van der Waals surface area contributed by atoms with Crippen LogP contribution in [0.1, 0.15) is 29.8 Å². The van der Waals surface area contributed by atoms with Crippen molar-refractivity contribution in [1.29, 1.82) is 0 Å². The first-order valence-electron chi connectivity index (χ1n) is 9.85. The van der Waals surface area contributed by atoms with Crippen molar-refractivity contribution < 1.29 is 14.3 Å². The van der Waals surface area contributed by atoms with Gasteiger partial charge in [0.15, 0.2) is 11.5 Å². The Labute approximate surface area is 177 Å². The van der Waals surface area contributed by atoms with Crippen molar-refractivity contribution in [3.05, 3.63) is 95.8 Å². The number of rotatable bonds is 8. The van der Waals surface area contributed by atoms with Crippen LogP contribution >= 0.6 is 0 Å². The van der Waals surface area contributed by atoms with Crippen LogP contribution in [0.4, 0.5) is 0 Å².